The number of nitro benzene ring substituents is 1. The molecule has 0 bridgehead atoms. The maximum atomic E-state index is 10.5. The molecule has 0 saturated carbocycles. The molecule has 2 rings (SSSR count). The Morgan fingerprint density at radius 2 is 1.47 bits per heavy atom. The van der Waals surface area contributed by atoms with Crippen LogP contribution < -0.4 is 4.67 Å². The zero-order chi connectivity index (χ0) is 12.3. The molecule has 1 unspecified atom stereocenters. The summed E-state index contributed by atoms with van der Waals surface area (Å²) in [6.45, 7) is 0. The fraction of sp³-hybridized carbons (Fsp3) is 0. The van der Waals surface area contributed by atoms with Gasteiger partial charge in [-0.2, -0.15) is 0 Å². The van der Waals surface area contributed by atoms with Crippen molar-refractivity contribution < 1.29 is 4.92 Å². The highest BCUT2D eigenvalue weighted by atomic mass is 31.0. The maximum Gasteiger partial charge on any atom is 0.269 e. The van der Waals surface area contributed by atoms with Gasteiger partial charge in [0.1, 0.15) is 0 Å². The lowest BCUT2D eigenvalue weighted by Crippen LogP contribution is -2.00. The van der Waals surface area contributed by atoms with Gasteiger partial charge in [0.05, 0.1) is 4.92 Å². The van der Waals surface area contributed by atoms with Crippen molar-refractivity contribution in [2.45, 2.75) is 0 Å². The van der Waals surface area contributed by atoms with Gasteiger partial charge in [0.25, 0.3) is 5.69 Å². The van der Waals surface area contributed by atoms with Gasteiger partial charge in [0.2, 0.25) is 0 Å². The van der Waals surface area contributed by atoms with Crippen LogP contribution in [0.5, 0.6) is 0 Å². The molecule has 0 amide bonds. The Balaban J connectivity index is 2.26. The van der Waals surface area contributed by atoms with Gasteiger partial charge in [-0.05, 0) is 33.7 Å². The first-order chi connectivity index (χ1) is 8.18. The van der Waals surface area contributed by atoms with Gasteiger partial charge < -0.3 is 4.67 Å². The van der Waals surface area contributed by atoms with Crippen molar-refractivity contribution in [2.75, 3.05) is 4.67 Å². The second kappa shape index (κ2) is 4.93. The topological polar surface area (TPSA) is 46.4 Å². The van der Waals surface area contributed by atoms with Crippen molar-refractivity contribution >= 4 is 26.5 Å². The zero-order valence-electron chi connectivity index (χ0n) is 8.98. The van der Waals surface area contributed by atoms with Gasteiger partial charge in [-0.1, -0.05) is 18.2 Å². The number of para-hydroxylation sites is 1. The van der Waals surface area contributed by atoms with Gasteiger partial charge in [-0.3, -0.25) is 10.1 Å². The van der Waals surface area contributed by atoms with E-state index >= 15 is 0 Å². The average molecular weight is 246 g/mol. The van der Waals surface area contributed by atoms with E-state index in [1.54, 1.807) is 12.1 Å². The fourth-order valence-electron chi connectivity index (χ4n) is 1.47. The summed E-state index contributed by atoms with van der Waals surface area (Å²) >= 11 is 0. The molecule has 0 saturated heterocycles. The van der Waals surface area contributed by atoms with E-state index in [1.807, 2.05) is 35.0 Å². The number of non-ortho nitro benzene ring substituents is 1. The Bertz CT molecular complexity index is 514. The summed E-state index contributed by atoms with van der Waals surface area (Å²) in [7, 11) is 2.59. The van der Waals surface area contributed by atoms with Crippen molar-refractivity contribution in [1.82, 2.24) is 0 Å². The first-order valence-electron chi connectivity index (χ1n) is 5.03. The summed E-state index contributed by atoms with van der Waals surface area (Å²) in [5.41, 5.74) is 1.98. The minimum atomic E-state index is -0.403. The van der Waals surface area contributed by atoms with Gasteiger partial charge >= 0.3 is 0 Å². The van der Waals surface area contributed by atoms with Gasteiger partial charge in [0, 0.05) is 23.5 Å². The van der Waals surface area contributed by atoms with Gasteiger partial charge in [-0.25, -0.2) is 0 Å². The predicted molar refractivity (Wildman–Crippen MR) is 71.4 cm³/mol. The quantitative estimate of drug-likeness (QED) is 0.473. The van der Waals surface area contributed by atoms with Crippen molar-refractivity contribution in [2.24, 2.45) is 0 Å². The number of benzene rings is 2. The molecule has 0 aliphatic rings. The van der Waals surface area contributed by atoms with E-state index in [-0.39, 0.29) is 5.69 Å². The zero-order valence-corrected chi connectivity index (χ0v) is 10.1. The smallest absolute Gasteiger partial charge is 0.269 e. The highest BCUT2D eigenvalue weighted by Crippen LogP contribution is 2.29. The third-order valence-corrected chi connectivity index (χ3v) is 2.97. The second-order valence-electron chi connectivity index (χ2n) is 3.48. The lowest BCUT2D eigenvalue weighted by atomic mass is 10.2. The lowest BCUT2D eigenvalue weighted by molar-refractivity contribution is -0.384. The van der Waals surface area contributed by atoms with Crippen LogP contribution in [-0.2, 0) is 0 Å². The molecule has 0 N–H and O–H groups in total. The van der Waals surface area contributed by atoms with Crippen molar-refractivity contribution in [1.29, 1.82) is 0 Å². The van der Waals surface area contributed by atoms with Crippen LogP contribution >= 0.6 is 9.39 Å². The summed E-state index contributed by atoms with van der Waals surface area (Å²) in [6.07, 6.45) is 0. The number of hydrogen-bond donors (Lipinski definition) is 0. The Hall–Kier alpha value is -1.93. The van der Waals surface area contributed by atoms with E-state index in [1.165, 1.54) is 12.1 Å². The molecule has 0 aliphatic carbocycles. The third-order valence-electron chi connectivity index (χ3n) is 2.37. The highest BCUT2D eigenvalue weighted by molar-refractivity contribution is 7.19. The summed E-state index contributed by atoms with van der Waals surface area (Å²) in [5.74, 6) is 0. The largest absolute Gasteiger partial charge is 0.326 e. The molecule has 2 aromatic rings. The predicted octanol–water partition coefficient (Wildman–Crippen LogP) is 3.52. The lowest BCUT2D eigenvalue weighted by Gasteiger charge is -2.18. The molecule has 0 aliphatic heterocycles. The van der Waals surface area contributed by atoms with E-state index in [4.69, 9.17) is 0 Å². The number of anilines is 2. The van der Waals surface area contributed by atoms with E-state index in [0.717, 1.165) is 11.4 Å². The van der Waals surface area contributed by atoms with E-state index < -0.39 is 4.92 Å². The Morgan fingerprint density at radius 3 is 2.00 bits per heavy atom. The van der Waals surface area contributed by atoms with Gasteiger partial charge in [-0.15, -0.1) is 0 Å². The molecule has 0 heterocycles. The van der Waals surface area contributed by atoms with Crippen molar-refractivity contribution in [3.05, 3.63) is 64.7 Å². The first-order valence-corrected chi connectivity index (χ1v) is 5.54. The molecule has 4 nitrogen and oxygen atoms in total. The molecule has 5 heteroatoms. The van der Waals surface area contributed by atoms with E-state index in [2.05, 4.69) is 9.39 Å². The third kappa shape index (κ3) is 2.60. The number of nitrogens with zero attached hydrogens (tertiary/aromatic N) is 2. The monoisotopic (exact) mass is 246 g/mol. The fourth-order valence-corrected chi connectivity index (χ4v) is 1.82. The minimum absolute atomic E-state index is 0.0974. The second-order valence-corrected chi connectivity index (χ2v) is 4.00. The highest BCUT2D eigenvalue weighted by Gasteiger charge is 2.07. The van der Waals surface area contributed by atoms with E-state index in [9.17, 15) is 10.1 Å². The SMILES string of the molecule is O=[N+]([O-])c1ccc(N(P)c2ccccc2)cc1. The Kier molecular flexibility index (Phi) is 3.35. The van der Waals surface area contributed by atoms with Crippen LogP contribution in [0.25, 0.3) is 0 Å². The molecule has 0 spiro atoms. The van der Waals surface area contributed by atoms with Crippen LogP contribution in [0.4, 0.5) is 17.1 Å². The molecule has 1 atom stereocenters. The average Bonchev–Trinajstić information content (AvgIpc) is 2.39. The summed E-state index contributed by atoms with van der Waals surface area (Å²) < 4.78 is 1.89. The summed E-state index contributed by atoms with van der Waals surface area (Å²) in [4.78, 5) is 10.1. The summed E-state index contributed by atoms with van der Waals surface area (Å²) in [6, 6.07) is 16.2. The molecule has 2 aromatic carbocycles. The molecule has 86 valence electrons. The summed E-state index contributed by atoms with van der Waals surface area (Å²) in [5, 5.41) is 10.5. The molecule has 0 radical (unpaired) electrons. The van der Waals surface area contributed by atoms with Crippen LogP contribution in [0.1, 0.15) is 0 Å². The molecular weight excluding hydrogens is 235 g/mol. The van der Waals surface area contributed by atoms with Crippen molar-refractivity contribution in [3.63, 3.8) is 0 Å². The minimum Gasteiger partial charge on any atom is -0.326 e. The van der Waals surface area contributed by atoms with Crippen LogP contribution in [0.3, 0.4) is 0 Å². The Labute approximate surface area is 101 Å². The van der Waals surface area contributed by atoms with Gasteiger partial charge in [0.15, 0.2) is 0 Å². The Morgan fingerprint density at radius 1 is 0.941 bits per heavy atom. The normalized spacial score (nSPS) is 9.94. The molecule has 0 fully saturated rings. The first kappa shape index (κ1) is 11.6. The molecule has 0 aromatic heterocycles. The van der Waals surface area contributed by atoms with Crippen LogP contribution in [0.2, 0.25) is 0 Å². The molecular formula is C12H11N2O2P. The van der Waals surface area contributed by atoms with Crippen LogP contribution in [0.15, 0.2) is 54.6 Å². The maximum absolute atomic E-state index is 10.5. The van der Waals surface area contributed by atoms with Crippen molar-refractivity contribution in [3.8, 4) is 0 Å². The van der Waals surface area contributed by atoms with Crippen LogP contribution in [0, 0.1) is 10.1 Å². The number of hydrogen-bond acceptors (Lipinski definition) is 3. The van der Waals surface area contributed by atoms with Crippen LogP contribution in [-0.4, -0.2) is 4.92 Å². The molecule has 17 heavy (non-hydrogen) atoms. The standard InChI is InChI=1S/C12H11N2O2P/c15-14(16)12-8-6-11(7-9-12)13(17)10-4-2-1-3-5-10/h1-9H,17H2. The van der Waals surface area contributed by atoms with E-state index in [0.29, 0.717) is 0 Å². The number of nitro groups is 1. The number of rotatable bonds is 3.